The van der Waals surface area contributed by atoms with E-state index in [1.54, 1.807) is 23.4 Å². The fraction of sp³-hybridized carbons (Fsp3) is 0.263. The second kappa shape index (κ2) is 13.8. The van der Waals surface area contributed by atoms with E-state index in [1.807, 2.05) is 74.6 Å². The Morgan fingerprint density at radius 3 is 1.40 bits per heavy atom. The van der Waals surface area contributed by atoms with Gasteiger partial charge < -0.3 is 0 Å². The zero-order chi connectivity index (χ0) is 33.3. The van der Waals surface area contributed by atoms with Crippen molar-refractivity contribution in [3.05, 3.63) is 139 Å². The van der Waals surface area contributed by atoms with Gasteiger partial charge in [-0.2, -0.15) is 0 Å². The summed E-state index contributed by atoms with van der Waals surface area (Å²) in [5.41, 5.74) is 3.36. The minimum atomic E-state index is -5.05. The summed E-state index contributed by atoms with van der Waals surface area (Å²) in [5.74, 6) is -3.22. The van der Waals surface area contributed by atoms with Gasteiger partial charge in [0, 0.05) is 0 Å². The summed E-state index contributed by atoms with van der Waals surface area (Å²) < 4.78 is 83.5. The Hall–Kier alpha value is -3.69. The van der Waals surface area contributed by atoms with Gasteiger partial charge in [0.25, 0.3) is 0 Å². The number of methoxy groups -OCH3 is 2. The van der Waals surface area contributed by atoms with E-state index in [9.17, 15) is 0 Å². The molecule has 2 heterocycles. The molecular formula is C38H38F4N2O2Ti. The van der Waals surface area contributed by atoms with E-state index in [-0.39, 0.29) is 19.1 Å². The Labute approximate surface area is 276 Å². The Bertz CT molecular complexity index is 1810. The fourth-order valence-electron chi connectivity index (χ4n) is 7.22. The topological polar surface area (TPSA) is 28.3 Å². The monoisotopic (exact) mass is 678 g/mol. The zero-order valence-electron chi connectivity index (χ0n) is 27.0. The summed E-state index contributed by atoms with van der Waals surface area (Å²) in [7, 11) is 3.19. The van der Waals surface area contributed by atoms with E-state index in [2.05, 4.69) is 0 Å². The Morgan fingerprint density at radius 2 is 1.04 bits per heavy atom. The van der Waals surface area contributed by atoms with E-state index in [1.165, 1.54) is 24.3 Å². The molecule has 0 saturated carbocycles. The Balaban J connectivity index is 1.70. The van der Waals surface area contributed by atoms with Crippen LogP contribution in [0.5, 0.6) is 0 Å². The van der Waals surface area contributed by atoms with Crippen molar-refractivity contribution < 1.29 is 43.6 Å². The molecule has 9 heteroatoms. The number of rotatable bonds is 12. The van der Waals surface area contributed by atoms with Crippen LogP contribution in [0.1, 0.15) is 35.6 Å². The van der Waals surface area contributed by atoms with Crippen molar-refractivity contribution in [1.82, 2.24) is 9.13 Å². The molecule has 47 heavy (non-hydrogen) atoms. The third kappa shape index (κ3) is 5.65. The molecule has 0 N–H and O–H groups in total. The van der Waals surface area contributed by atoms with E-state index >= 15 is 17.6 Å². The number of halogens is 4. The van der Waals surface area contributed by atoms with Crippen LogP contribution in [0.3, 0.4) is 0 Å². The average Bonchev–Trinajstić information content (AvgIpc) is 3.88. The van der Waals surface area contributed by atoms with Gasteiger partial charge >= 0.3 is 278 Å². The first-order valence-electron chi connectivity index (χ1n) is 15.8. The number of hydrogen-bond donors (Lipinski definition) is 0. The van der Waals surface area contributed by atoms with Gasteiger partial charge in [0.2, 0.25) is 0 Å². The minimum absolute atomic E-state index is 0.142. The number of hydrogen-bond acceptors (Lipinski definition) is 2. The molecule has 0 aliphatic heterocycles. The van der Waals surface area contributed by atoms with E-state index in [0.29, 0.717) is 46.7 Å². The molecule has 4 aromatic rings. The van der Waals surface area contributed by atoms with Gasteiger partial charge in [0.15, 0.2) is 0 Å². The van der Waals surface area contributed by atoms with Crippen molar-refractivity contribution in [2.75, 3.05) is 27.4 Å². The maximum atomic E-state index is 17.6. The molecule has 2 aromatic carbocycles. The van der Waals surface area contributed by atoms with Crippen molar-refractivity contribution >= 4 is 7.74 Å². The predicted octanol–water partition coefficient (Wildman–Crippen LogP) is 7.61. The quantitative estimate of drug-likeness (QED) is 0.114. The molecule has 0 bridgehead atoms. The van der Waals surface area contributed by atoms with Gasteiger partial charge in [-0.3, -0.25) is 0 Å². The van der Waals surface area contributed by atoms with Crippen LogP contribution >= 0.6 is 0 Å². The summed E-state index contributed by atoms with van der Waals surface area (Å²) in [6, 6.07) is 12.9. The first-order chi connectivity index (χ1) is 22.7. The molecule has 0 spiro atoms. The molecule has 6 rings (SSSR count). The SMILES string of the molecule is COCCc1ccc(C)n1-c1ccc(F)[c]([Ti]([C]2=CC=CC2)([C]2=CC=CC2)[c]2c(F)ccc(-n3c(C)ccc3CCOC)c2F)c1F. The molecule has 0 fully saturated rings. The van der Waals surface area contributed by atoms with Crippen LogP contribution < -0.4 is 7.74 Å². The summed E-state index contributed by atoms with van der Waals surface area (Å²) >= 11 is -5.05. The van der Waals surface area contributed by atoms with E-state index in [0.717, 1.165) is 22.8 Å². The first kappa shape index (κ1) is 33.2. The van der Waals surface area contributed by atoms with Crippen LogP contribution in [0, 0.1) is 37.1 Å². The van der Waals surface area contributed by atoms with Gasteiger partial charge in [-0.15, -0.1) is 0 Å². The molecule has 0 radical (unpaired) electrons. The number of benzene rings is 2. The van der Waals surface area contributed by atoms with Crippen LogP contribution in [0.4, 0.5) is 17.6 Å². The van der Waals surface area contributed by atoms with Crippen LogP contribution in [-0.4, -0.2) is 36.6 Å². The molecule has 0 amide bonds. The van der Waals surface area contributed by atoms with E-state index in [4.69, 9.17) is 9.47 Å². The first-order valence-corrected chi connectivity index (χ1v) is 18.9. The van der Waals surface area contributed by atoms with Crippen LogP contribution in [0.25, 0.3) is 11.4 Å². The summed E-state index contributed by atoms with van der Waals surface area (Å²) in [6.07, 6.45) is 12.7. The Morgan fingerprint density at radius 1 is 0.617 bits per heavy atom. The average molecular weight is 679 g/mol. The summed E-state index contributed by atoms with van der Waals surface area (Å²) in [5, 5.41) is 0. The van der Waals surface area contributed by atoms with Crippen LogP contribution in [0.15, 0.2) is 92.7 Å². The maximum absolute atomic E-state index is 17.6. The number of nitrogens with zero attached hydrogens (tertiary/aromatic N) is 2. The molecule has 4 nitrogen and oxygen atoms in total. The summed E-state index contributed by atoms with van der Waals surface area (Å²) in [4.78, 5) is 0. The second-order valence-corrected chi connectivity index (χ2v) is 17.9. The molecule has 2 aliphatic carbocycles. The van der Waals surface area contributed by atoms with Gasteiger partial charge in [-0.1, -0.05) is 0 Å². The van der Waals surface area contributed by atoms with Crippen molar-refractivity contribution in [3.63, 3.8) is 0 Å². The molecule has 244 valence electrons. The van der Waals surface area contributed by atoms with Gasteiger partial charge in [0.05, 0.1) is 0 Å². The van der Waals surface area contributed by atoms with Crippen LogP contribution in [0.2, 0.25) is 0 Å². The van der Waals surface area contributed by atoms with Gasteiger partial charge in [-0.25, -0.2) is 0 Å². The molecule has 0 saturated heterocycles. The van der Waals surface area contributed by atoms with Crippen LogP contribution in [-0.2, 0) is 38.9 Å². The normalized spacial score (nSPS) is 14.4. The predicted molar refractivity (Wildman–Crippen MR) is 175 cm³/mol. The van der Waals surface area contributed by atoms with Gasteiger partial charge in [-0.05, 0) is 0 Å². The second-order valence-electron chi connectivity index (χ2n) is 12.0. The number of allylic oxidation sites excluding steroid dienone is 8. The third-order valence-electron chi connectivity index (χ3n) is 9.32. The van der Waals surface area contributed by atoms with Crippen molar-refractivity contribution in [1.29, 1.82) is 0 Å². The standard InChI is InChI=1S/2C14H14F2NO.2C5H5.Ti/c2*1-10-3-5-12(7-8-18-2)17(10)14-6-4-11(15)9-13(14)16;2*1-2-4-5-3-1;/h2*3-6H,7-8H2,1-2H3;2*1-3H,4H2;. The molecule has 2 aromatic heterocycles. The molecule has 2 aliphatic rings. The van der Waals surface area contributed by atoms with Gasteiger partial charge in [0.1, 0.15) is 0 Å². The summed E-state index contributed by atoms with van der Waals surface area (Å²) in [6.45, 7) is 4.52. The van der Waals surface area contributed by atoms with Crippen molar-refractivity contribution in [2.24, 2.45) is 0 Å². The molecule has 0 unspecified atom stereocenters. The van der Waals surface area contributed by atoms with Crippen molar-refractivity contribution in [2.45, 2.75) is 39.5 Å². The zero-order valence-corrected chi connectivity index (χ0v) is 28.6. The number of ether oxygens (including phenoxy) is 2. The number of aryl methyl sites for hydroxylation is 2. The molecular weight excluding hydrogens is 640 g/mol. The van der Waals surface area contributed by atoms with Crippen molar-refractivity contribution in [3.8, 4) is 11.4 Å². The number of aromatic nitrogens is 2. The third-order valence-corrected chi connectivity index (χ3v) is 17.3. The van der Waals surface area contributed by atoms with E-state index < -0.39 is 39.9 Å². The molecule has 0 atom stereocenters. The fourth-order valence-corrected chi connectivity index (χ4v) is 15.5. The Kier molecular flexibility index (Phi) is 9.76.